The molecule has 0 saturated carbocycles. The summed E-state index contributed by atoms with van der Waals surface area (Å²) in [6, 6.07) is 4.49. The molecular formula is C26H30F3N5O3. The van der Waals surface area contributed by atoms with Crippen LogP contribution in [0.2, 0.25) is 0 Å². The predicted octanol–water partition coefficient (Wildman–Crippen LogP) is 4.91. The number of carbonyl (C=O) groups is 1. The monoisotopic (exact) mass is 517 g/mol. The number of fused-ring (bicyclic) bond motifs is 1. The molecule has 1 aliphatic heterocycles. The molecule has 4 rings (SSSR count). The number of rotatable bonds is 7. The number of methoxy groups -OCH3 is 1. The number of nitrogens with zero attached hydrogens (tertiary/aromatic N) is 3. The van der Waals surface area contributed by atoms with Gasteiger partial charge in [-0.2, -0.15) is 13.2 Å². The van der Waals surface area contributed by atoms with E-state index in [9.17, 15) is 18.0 Å². The Morgan fingerprint density at radius 2 is 1.97 bits per heavy atom. The number of ether oxygens (including phenoxy) is 1. The summed E-state index contributed by atoms with van der Waals surface area (Å²) in [5.74, 6) is 0.263. The van der Waals surface area contributed by atoms with Crippen molar-refractivity contribution in [2.75, 3.05) is 20.2 Å². The van der Waals surface area contributed by atoms with E-state index >= 15 is 0 Å². The first-order chi connectivity index (χ1) is 17.4. The van der Waals surface area contributed by atoms with Crippen molar-refractivity contribution in [1.82, 2.24) is 20.2 Å². The number of carbonyl (C=O) groups excluding carboxylic acids is 1. The Hall–Kier alpha value is -3.60. The zero-order valence-electron chi connectivity index (χ0n) is 21.1. The standard InChI is InChI=1S/C26H30F3N5O3/c1-13(2)15(4)34-11-10-16(12-34)31-24(35)22-23(14(3)30)37-25(33-22)18-6-8-19(36-5)21-17(18)7-9-20(32-21)26(27,28)29/h6-9,13-14,16H,4,10-12,30H2,1-3,5H3,(H,31,35)/t14-,16?/m0/s1. The van der Waals surface area contributed by atoms with Crippen LogP contribution in [0.3, 0.4) is 0 Å². The molecule has 1 unspecified atom stereocenters. The van der Waals surface area contributed by atoms with Crippen LogP contribution in [0.1, 0.15) is 55.2 Å². The molecule has 198 valence electrons. The Kier molecular flexibility index (Phi) is 7.18. The minimum atomic E-state index is -4.62. The third-order valence-electron chi connectivity index (χ3n) is 6.44. The largest absolute Gasteiger partial charge is 0.494 e. The van der Waals surface area contributed by atoms with Gasteiger partial charge in [0.1, 0.15) is 17.0 Å². The molecule has 8 nitrogen and oxygen atoms in total. The van der Waals surface area contributed by atoms with Crippen molar-refractivity contribution in [3.63, 3.8) is 0 Å². The van der Waals surface area contributed by atoms with Crippen molar-refractivity contribution >= 4 is 16.8 Å². The highest BCUT2D eigenvalue weighted by Gasteiger charge is 2.34. The SMILES string of the molecule is C=C(C(C)C)N1CCC(NC(=O)c2nc(-c3ccc(OC)c4nc(C(F)(F)F)ccc34)oc2[C@H](C)N)C1. The van der Waals surface area contributed by atoms with Crippen LogP contribution in [0, 0.1) is 5.92 Å². The maximum atomic E-state index is 13.3. The molecule has 3 N–H and O–H groups in total. The van der Waals surface area contributed by atoms with E-state index in [1.807, 2.05) is 0 Å². The van der Waals surface area contributed by atoms with E-state index in [4.69, 9.17) is 14.9 Å². The maximum absolute atomic E-state index is 13.3. The van der Waals surface area contributed by atoms with Gasteiger partial charge in [0.05, 0.1) is 13.2 Å². The number of nitrogens with one attached hydrogen (secondary N) is 1. The number of oxazole rings is 1. The van der Waals surface area contributed by atoms with Crippen molar-refractivity contribution < 1.29 is 27.1 Å². The lowest BCUT2D eigenvalue weighted by Crippen LogP contribution is -2.38. The maximum Gasteiger partial charge on any atom is 0.433 e. The fourth-order valence-corrected chi connectivity index (χ4v) is 4.38. The van der Waals surface area contributed by atoms with Crippen LogP contribution in [0.4, 0.5) is 13.2 Å². The molecule has 3 heterocycles. The number of halogens is 3. The van der Waals surface area contributed by atoms with Crippen LogP contribution < -0.4 is 15.8 Å². The molecule has 0 spiro atoms. The molecule has 1 saturated heterocycles. The van der Waals surface area contributed by atoms with Crippen LogP contribution in [-0.4, -0.2) is 47.0 Å². The van der Waals surface area contributed by atoms with E-state index in [1.165, 1.54) is 19.2 Å². The fraction of sp³-hybridized carbons (Fsp3) is 0.423. The fourth-order valence-electron chi connectivity index (χ4n) is 4.38. The Morgan fingerprint density at radius 3 is 2.59 bits per heavy atom. The number of benzene rings is 1. The highest BCUT2D eigenvalue weighted by molar-refractivity contribution is 5.98. The molecule has 0 aliphatic carbocycles. The molecule has 37 heavy (non-hydrogen) atoms. The van der Waals surface area contributed by atoms with Crippen LogP contribution in [0.15, 0.2) is 41.0 Å². The minimum Gasteiger partial charge on any atom is -0.494 e. The first-order valence-corrected chi connectivity index (χ1v) is 12.0. The lowest BCUT2D eigenvalue weighted by molar-refractivity contribution is -0.140. The molecule has 2 aromatic heterocycles. The topological polar surface area (TPSA) is 107 Å². The van der Waals surface area contributed by atoms with E-state index in [0.717, 1.165) is 24.7 Å². The Labute approximate surface area is 212 Å². The summed E-state index contributed by atoms with van der Waals surface area (Å²) in [6.07, 6.45) is -3.87. The van der Waals surface area contributed by atoms with Crippen LogP contribution in [0.5, 0.6) is 5.75 Å². The number of pyridine rings is 1. The summed E-state index contributed by atoms with van der Waals surface area (Å²) in [6.45, 7) is 11.4. The third-order valence-corrected chi connectivity index (χ3v) is 6.44. The first kappa shape index (κ1) is 26.5. The van der Waals surface area contributed by atoms with Crippen LogP contribution in [-0.2, 0) is 6.18 Å². The lowest BCUT2D eigenvalue weighted by Gasteiger charge is -2.24. The molecule has 11 heteroatoms. The van der Waals surface area contributed by atoms with E-state index in [1.54, 1.807) is 13.0 Å². The summed E-state index contributed by atoms with van der Waals surface area (Å²) < 4.78 is 51.0. The smallest absolute Gasteiger partial charge is 0.433 e. The Balaban J connectivity index is 1.68. The molecule has 0 radical (unpaired) electrons. The highest BCUT2D eigenvalue weighted by atomic mass is 19.4. The molecule has 1 aromatic carbocycles. The van der Waals surface area contributed by atoms with Gasteiger partial charge in [0.2, 0.25) is 5.89 Å². The number of hydrogen-bond donors (Lipinski definition) is 2. The third kappa shape index (κ3) is 5.27. The van der Waals surface area contributed by atoms with E-state index < -0.39 is 23.8 Å². The summed E-state index contributed by atoms with van der Waals surface area (Å²) in [7, 11) is 1.35. The summed E-state index contributed by atoms with van der Waals surface area (Å²) in [5.41, 5.74) is 6.44. The quantitative estimate of drug-likeness (QED) is 0.459. The zero-order chi connectivity index (χ0) is 27.1. The summed E-state index contributed by atoms with van der Waals surface area (Å²) >= 11 is 0. The van der Waals surface area contributed by atoms with Crippen LogP contribution >= 0.6 is 0 Å². The number of allylic oxidation sites excluding steroid dienone is 1. The number of nitrogens with two attached hydrogens (primary N) is 1. The lowest BCUT2D eigenvalue weighted by atomic mass is 10.1. The second-order valence-corrected chi connectivity index (χ2v) is 9.48. The van der Waals surface area contributed by atoms with Gasteiger partial charge in [0.15, 0.2) is 11.5 Å². The van der Waals surface area contributed by atoms with Gasteiger partial charge < -0.3 is 25.1 Å². The molecule has 0 bridgehead atoms. The molecule has 3 aromatic rings. The van der Waals surface area contributed by atoms with E-state index in [0.29, 0.717) is 23.4 Å². The van der Waals surface area contributed by atoms with Gasteiger partial charge in [-0.15, -0.1) is 0 Å². The van der Waals surface area contributed by atoms with Crippen molar-refractivity contribution in [2.24, 2.45) is 11.7 Å². The minimum absolute atomic E-state index is 0.00203. The second-order valence-electron chi connectivity index (χ2n) is 9.48. The normalized spacial score (nSPS) is 16.9. The number of alkyl halides is 3. The molecule has 1 amide bonds. The molecule has 1 aliphatic rings. The zero-order valence-corrected chi connectivity index (χ0v) is 21.1. The van der Waals surface area contributed by atoms with Gasteiger partial charge in [-0.1, -0.05) is 20.4 Å². The van der Waals surface area contributed by atoms with Crippen molar-refractivity contribution in [1.29, 1.82) is 0 Å². The Bertz CT molecular complexity index is 1330. The van der Waals surface area contributed by atoms with Gasteiger partial charge in [-0.25, -0.2) is 9.97 Å². The summed E-state index contributed by atoms with van der Waals surface area (Å²) in [5, 5.41) is 3.33. The van der Waals surface area contributed by atoms with Crippen molar-refractivity contribution in [3.05, 3.63) is 53.7 Å². The van der Waals surface area contributed by atoms with Crippen LogP contribution in [0.25, 0.3) is 22.4 Å². The predicted molar refractivity (Wildman–Crippen MR) is 133 cm³/mol. The highest BCUT2D eigenvalue weighted by Crippen LogP contribution is 2.37. The Morgan fingerprint density at radius 1 is 1.24 bits per heavy atom. The number of amides is 1. The van der Waals surface area contributed by atoms with Crippen molar-refractivity contribution in [2.45, 2.75) is 45.5 Å². The van der Waals surface area contributed by atoms with Crippen molar-refractivity contribution in [3.8, 4) is 17.2 Å². The molecule has 2 atom stereocenters. The van der Waals surface area contributed by atoms with Gasteiger partial charge >= 0.3 is 6.18 Å². The average molecular weight is 518 g/mol. The number of aromatic nitrogens is 2. The summed E-state index contributed by atoms with van der Waals surface area (Å²) in [4.78, 5) is 23.6. The molecule has 1 fully saturated rings. The van der Waals surface area contributed by atoms with Gasteiger partial charge in [-0.3, -0.25) is 4.79 Å². The van der Waals surface area contributed by atoms with E-state index in [2.05, 4.69) is 40.6 Å². The number of likely N-dealkylation sites (tertiary alicyclic amines) is 1. The second kappa shape index (κ2) is 10.0. The molecular weight excluding hydrogens is 487 g/mol. The van der Waals surface area contributed by atoms with E-state index in [-0.39, 0.29) is 34.7 Å². The average Bonchev–Trinajstić information content (AvgIpc) is 3.49. The first-order valence-electron chi connectivity index (χ1n) is 12.0. The van der Waals surface area contributed by atoms with Gasteiger partial charge in [-0.05, 0) is 43.5 Å². The van der Waals surface area contributed by atoms with Gasteiger partial charge in [0, 0.05) is 35.8 Å². The number of hydrogen-bond acceptors (Lipinski definition) is 7. The van der Waals surface area contributed by atoms with Gasteiger partial charge in [0.25, 0.3) is 5.91 Å².